The van der Waals surface area contributed by atoms with Crippen LogP contribution in [-0.2, 0) is 11.2 Å². The first kappa shape index (κ1) is 19.6. The lowest BCUT2D eigenvalue weighted by Gasteiger charge is -2.17. The maximum atomic E-state index is 9.24. The third-order valence-electron chi connectivity index (χ3n) is 4.01. The lowest BCUT2D eigenvalue weighted by molar-refractivity contribution is 0.130. The SMILES string of the molecule is CCCCC(CCCc1cc(Cl)nnc1-c1ccccc1)OC(O)=S. The van der Waals surface area contributed by atoms with Gasteiger partial charge >= 0.3 is 5.24 Å². The van der Waals surface area contributed by atoms with E-state index in [1.807, 2.05) is 36.4 Å². The van der Waals surface area contributed by atoms with Gasteiger partial charge in [0, 0.05) is 17.8 Å². The summed E-state index contributed by atoms with van der Waals surface area (Å²) in [7, 11) is 0. The van der Waals surface area contributed by atoms with E-state index in [4.69, 9.17) is 16.3 Å². The van der Waals surface area contributed by atoms with Gasteiger partial charge in [0.1, 0.15) is 6.10 Å². The number of nitrogens with zero attached hydrogens (tertiary/aromatic N) is 2. The van der Waals surface area contributed by atoms with Crippen molar-refractivity contribution < 1.29 is 9.84 Å². The molecule has 0 spiro atoms. The largest absolute Gasteiger partial charge is 0.472 e. The van der Waals surface area contributed by atoms with Crippen LogP contribution in [0.25, 0.3) is 11.3 Å². The van der Waals surface area contributed by atoms with Gasteiger partial charge in [0.05, 0.1) is 5.69 Å². The highest BCUT2D eigenvalue weighted by atomic mass is 35.5. The van der Waals surface area contributed by atoms with E-state index in [1.165, 1.54) is 0 Å². The molecule has 1 heterocycles. The van der Waals surface area contributed by atoms with Crippen LogP contribution in [0.3, 0.4) is 0 Å². The van der Waals surface area contributed by atoms with Crippen molar-refractivity contribution in [2.75, 3.05) is 0 Å². The topological polar surface area (TPSA) is 55.2 Å². The average molecular weight is 379 g/mol. The zero-order valence-electron chi connectivity index (χ0n) is 14.3. The van der Waals surface area contributed by atoms with E-state index in [1.54, 1.807) is 0 Å². The minimum absolute atomic E-state index is 0.0529. The van der Waals surface area contributed by atoms with E-state index in [0.29, 0.717) is 5.15 Å². The quantitative estimate of drug-likeness (QED) is 0.580. The summed E-state index contributed by atoms with van der Waals surface area (Å²) in [5.74, 6) is 0. The molecule has 1 N–H and O–H groups in total. The molecule has 0 saturated heterocycles. The molecule has 25 heavy (non-hydrogen) atoms. The number of aliphatic hydroxyl groups excluding tert-OH is 1. The van der Waals surface area contributed by atoms with Crippen molar-refractivity contribution in [1.82, 2.24) is 10.2 Å². The number of aryl methyl sites for hydroxylation is 1. The molecule has 1 unspecified atom stereocenters. The highest BCUT2D eigenvalue weighted by Crippen LogP contribution is 2.24. The summed E-state index contributed by atoms with van der Waals surface area (Å²) >= 11 is 10.7. The van der Waals surface area contributed by atoms with Gasteiger partial charge in [-0.2, -0.15) is 0 Å². The Bertz CT molecular complexity index is 682. The monoisotopic (exact) mass is 378 g/mol. The van der Waals surface area contributed by atoms with E-state index >= 15 is 0 Å². The molecule has 1 aromatic carbocycles. The van der Waals surface area contributed by atoms with Crippen molar-refractivity contribution in [3.63, 3.8) is 0 Å². The van der Waals surface area contributed by atoms with Crippen LogP contribution in [-0.4, -0.2) is 26.6 Å². The Morgan fingerprint density at radius 3 is 2.60 bits per heavy atom. The molecule has 1 atom stereocenters. The molecule has 0 aliphatic rings. The van der Waals surface area contributed by atoms with Crippen LogP contribution in [0, 0.1) is 0 Å². The second kappa shape index (κ2) is 10.3. The molecule has 2 aromatic rings. The molecule has 0 aliphatic heterocycles. The minimum Gasteiger partial charge on any atom is -0.472 e. The summed E-state index contributed by atoms with van der Waals surface area (Å²) in [6, 6.07) is 11.8. The summed E-state index contributed by atoms with van der Waals surface area (Å²) in [5.41, 5.74) is 2.94. The van der Waals surface area contributed by atoms with Crippen LogP contribution >= 0.6 is 23.8 Å². The Hall–Kier alpha value is -1.72. The predicted octanol–water partition coefficient (Wildman–Crippen LogP) is 5.54. The average Bonchev–Trinajstić information content (AvgIpc) is 2.60. The van der Waals surface area contributed by atoms with E-state index in [2.05, 4.69) is 29.3 Å². The lowest BCUT2D eigenvalue weighted by Crippen LogP contribution is -2.17. The Balaban J connectivity index is 2.04. The van der Waals surface area contributed by atoms with Crippen LogP contribution in [0.4, 0.5) is 0 Å². The number of thiocarbonyl (C=S) groups is 1. The van der Waals surface area contributed by atoms with Gasteiger partial charge < -0.3 is 9.84 Å². The molecule has 6 heteroatoms. The number of rotatable bonds is 9. The molecule has 4 nitrogen and oxygen atoms in total. The zero-order valence-corrected chi connectivity index (χ0v) is 15.9. The standard InChI is InChI=1S/C19H23ClN2O2S/c1-2-3-11-16(24-19(23)25)12-7-10-15-13-17(20)21-22-18(15)14-8-5-4-6-9-14/h4-6,8-9,13,16H,2-3,7,10-12H2,1H3,(H,23,25). The number of halogens is 1. The first-order chi connectivity index (χ1) is 12.1. The number of unbranched alkanes of at least 4 members (excludes halogenated alkanes) is 1. The molecule has 1 aromatic heterocycles. The molecular weight excluding hydrogens is 356 g/mol. The van der Waals surface area contributed by atoms with Gasteiger partial charge in [0.25, 0.3) is 0 Å². The highest BCUT2D eigenvalue weighted by molar-refractivity contribution is 7.79. The minimum atomic E-state index is -0.375. The number of hydrogen-bond acceptors (Lipinski definition) is 4. The fraction of sp³-hybridized carbons (Fsp3) is 0.421. The number of aromatic nitrogens is 2. The van der Waals surface area contributed by atoms with E-state index < -0.39 is 0 Å². The van der Waals surface area contributed by atoms with Crippen LogP contribution in [0.1, 0.15) is 44.6 Å². The Morgan fingerprint density at radius 1 is 1.20 bits per heavy atom. The van der Waals surface area contributed by atoms with Crippen molar-refractivity contribution in [2.24, 2.45) is 0 Å². The van der Waals surface area contributed by atoms with Crippen LogP contribution in [0.2, 0.25) is 5.15 Å². The maximum absolute atomic E-state index is 9.24. The molecule has 2 rings (SSSR count). The molecule has 0 radical (unpaired) electrons. The van der Waals surface area contributed by atoms with Gasteiger partial charge in [-0.05, 0) is 37.3 Å². The van der Waals surface area contributed by atoms with Crippen molar-refractivity contribution in [3.05, 3.63) is 47.1 Å². The maximum Gasteiger partial charge on any atom is 0.350 e. The molecular formula is C19H23ClN2O2S. The fourth-order valence-corrected chi connectivity index (χ4v) is 3.10. The summed E-state index contributed by atoms with van der Waals surface area (Å²) < 4.78 is 5.36. The van der Waals surface area contributed by atoms with Crippen molar-refractivity contribution in [3.8, 4) is 11.3 Å². The fourth-order valence-electron chi connectivity index (χ4n) is 2.79. The molecule has 134 valence electrons. The van der Waals surface area contributed by atoms with Crippen molar-refractivity contribution in [2.45, 2.75) is 51.6 Å². The van der Waals surface area contributed by atoms with Gasteiger partial charge in [0.2, 0.25) is 0 Å². The first-order valence-corrected chi connectivity index (χ1v) is 9.36. The second-order valence-electron chi connectivity index (χ2n) is 5.95. The van der Waals surface area contributed by atoms with Gasteiger partial charge in [-0.3, -0.25) is 0 Å². The number of hydrogen-bond donors (Lipinski definition) is 1. The normalized spacial score (nSPS) is 11.9. The van der Waals surface area contributed by atoms with E-state index in [-0.39, 0.29) is 11.3 Å². The summed E-state index contributed by atoms with van der Waals surface area (Å²) in [4.78, 5) is 0. The number of benzene rings is 1. The van der Waals surface area contributed by atoms with E-state index in [9.17, 15) is 5.11 Å². The first-order valence-electron chi connectivity index (χ1n) is 8.57. The predicted molar refractivity (Wildman–Crippen MR) is 105 cm³/mol. The third-order valence-corrected chi connectivity index (χ3v) is 4.29. The number of ether oxygens (including phenoxy) is 1. The summed E-state index contributed by atoms with van der Waals surface area (Å²) in [6.45, 7) is 2.13. The molecule has 0 bridgehead atoms. The van der Waals surface area contributed by atoms with Gasteiger partial charge in [-0.25, -0.2) is 0 Å². The molecule has 0 fully saturated rings. The number of aliphatic hydroxyl groups is 1. The highest BCUT2D eigenvalue weighted by Gasteiger charge is 2.13. The molecule has 0 aliphatic carbocycles. The Labute approximate surface area is 159 Å². The molecule has 0 saturated carbocycles. The Morgan fingerprint density at radius 2 is 1.92 bits per heavy atom. The van der Waals surface area contributed by atoms with Crippen molar-refractivity contribution in [1.29, 1.82) is 0 Å². The smallest absolute Gasteiger partial charge is 0.350 e. The van der Waals surface area contributed by atoms with Gasteiger partial charge in [-0.15, -0.1) is 10.2 Å². The Kier molecular flexibility index (Phi) is 8.09. The van der Waals surface area contributed by atoms with Crippen molar-refractivity contribution >= 4 is 29.1 Å². The second-order valence-corrected chi connectivity index (χ2v) is 6.68. The van der Waals surface area contributed by atoms with Crippen LogP contribution in [0.15, 0.2) is 36.4 Å². The van der Waals surface area contributed by atoms with Crippen LogP contribution < -0.4 is 0 Å². The van der Waals surface area contributed by atoms with Crippen LogP contribution in [0.5, 0.6) is 0 Å². The zero-order chi connectivity index (χ0) is 18.1. The van der Waals surface area contributed by atoms with Gasteiger partial charge in [0.15, 0.2) is 5.15 Å². The van der Waals surface area contributed by atoms with Gasteiger partial charge in [-0.1, -0.05) is 61.7 Å². The lowest BCUT2D eigenvalue weighted by atomic mass is 9.99. The third kappa shape index (κ3) is 6.59. The summed E-state index contributed by atoms with van der Waals surface area (Å²) in [5, 5.41) is 17.5. The molecule has 0 amide bonds. The van der Waals surface area contributed by atoms with E-state index in [0.717, 1.165) is 55.3 Å². The summed E-state index contributed by atoms with van der Waals surface area (Å²) in [6.07, 6.45) is 5.48.